The van der Waals surface area contributed by atoms with Crippen molar-refractivity contribution in [3.05, 3.63) is 30.1 Å². The molecule has 1 amide bonds. The van der Waals surface area contributed by atoms with Crippen LogP contribution in [0.2, 0.25) is 0 Å². The molecule has 1 N–H and O–H groups in total. The molecule has 0 aromatic heterocycles. The van der Waals surface area contributed by atoms with Crippen molar-refractivity contribution in [2.45, 2.75) is 24.9 Å². The van der Waals surface area contributed by atoms with Gasteiger partial charge in [-0.25, -0.2) is 9.18 Å². The Hall–Kier alpha value is -2.15. The summed E-state index contributed by atoms with van der Waals surface area (Å²) < 4.78 is 24.6. The Morgan fingerprint density at radius 1 is 1.29 bits per heavy atom. The van der Waals surface area contributed by atoms with Gasteiger partial charge in [0.05, 0.1) is 12.5 Å². The highest BCUT2D eigenvalue weighted by Crippen LogP contribution is 2.31. The minimum absolute atomic E-state index is 0.00243. The number of nitrogens with zero attached hydrogens (tertiary/aromatic N) is 1. The van der Waals surface area contributed by atoms with Gasteiger partial charge < -0.3 is 19.5 Å². The highest BCUT2D eigenvalue weighted by molar-refractivity contribution is 5.81. The average Bonchev–Trinajstić information content (AvgIpc) is 3.11. The molecular weight excluding hydrogens is 317 g/mol. The lowest BCUT2D eigenvalue weighted by Crippen LogP contribution is -2.55. The zero-order chi connectivity index (χ0) is 17.2. The Morgan fingerprint density at radius 3 is 2.58 bits per heavy atom. The maximum Gasteiger partial charge on any atom is 0.348 e. The van der Waals surface area contributed by atoms with Gasteiger partial charge in [-0.2, -0.15) is 0 Å². The van der Waals surface area contributed by atoms with Crippen molar-refractivity contribution in [1.82, 2.24) is 4.90 Å². The van der Waals surface area contributed by atoms with Crippen molar-refractivity contribution >= 4 is 11.9 Å². The van der Waals surface area contributed by atoms with Gasteiger partial charge in [0.25, 0.3) is 0 Å². The highest BCUT2D eigenvalue weighted by atomic mass is 19.1. The van der Waals surface area contributed by atoms with E-state index in [2.05, 4.69) is 0 Å². The Balaban J connectivity index is 1.69. The first-order valence-corrected chi connectivity index (χ1v) is 8.05. The number of carbonyl (C=O) groups excluding carboxylic acids is 1. The predicted octanol–water partition coefficient (Wildman–Crippen LogP) is 1.69. The number of likely N-dealkylation sites (tertiary alicyclic amines) is 1. The summed E-state index contributed by atoms with van der Waals surface area (Å²) in [6.45, 7) is 1.55. The van der Waals surface area contributed by atoms with E-state index in [1.165, 1.54) is 18.2 Å². The van der Waals surface area contributed by atoms with Crippen molar-refractivity contribution in [3.8, 4) is 5.75 Å². The van der Waals surface area contributed by atoms with Crippen LogP contribution in [-0.2, 0) is 14.3 Å². The lowest BCUT2D eigenvalue weighted by atomic mass is 9.90. The van der Waals surface area contributed by atoms with Crippen molar-refractivity contribution in [1.29, 1.82) is 0 Å². The van der Waals surface area contributed by atoms with Crippen LogP contribution in [-0.4, -0.2) is 53.8 Å². The molecule has 24 heavy (non-hydrogen) atoms. The third-order valence-electron chi connectivity index (χ3n) is 4.69. The standard InChI is InChI=1S/C17H20FNO5/c18-13-3-1-2-4-14(13)24-17(16(21)22)6-8-19(9-7-17)15(20)12-5-10-23-11-12/h1-4,12H,5-11H2,(H,21,22). The van der Waals surface area contributed by atoms with Gasteiger partial charge in [-0.15, -0.1) is 0 Å². The van der Waals surface area contributed by atoms with Crippen molar-refractivity contribution < 1.29 is 28.6 Å². The van der Waals surface area contributed by atoms with Crippen LogP contribution in [0.1, 0.15) is 19.3 Å². The van der Waals surface area contributed by atoms with E-state index in [1.54, 1.807) is 11.0 Å². The maximum atomic E-state index is 13.8. The summed E-state index contributed by atoms with van der Waals surface area (Å²) in [4.78, 5) is 25.8. The van der Waals surface area contributed by atoms with E-state index in [9.17, 15) is 19.1 Å². The van der Waals surface area contributed by atoms with Crippen LogP contribution < -0.4 is 4.74 Å². The van der Waals surface area contributed by atoms with Crippen LogP contribution in [0.4, 0.5) is 4.39 Å². The Labute approximate surface area is 139 Å². The number of carbonyl (C=O) groups is 2. The van der Waals surface area contributed by atoms with Crippen molar-refractivity contribution in [3.63, 3.8) is 0 Å². The molecule has 0 spiro atoms. The number of para-hydroxylation sites is 1. The lowest BCUT2D eigenvalue weighted by molar-refractivity contribution is -0.162. The molecule has 0 radical (unpaired) electrons. The maximum absolute atomic E-state index is 13.8. The molecule has 0 bridgehead atoms. The number of carboxylic acid groups (broad SMARTS) is 1. The van der Waals surface area contributed by atoms with E-state index in [0.717, 1.165) is 0 Å². The van der Waals surface area contributed by atoms with Crippen molar-refractivity contribution in [2.75, 3.05) is 26.3 Å². The summed E-state index contributed by atoms with van der Waals surface area (Å²) >= 11 is 0. The molecule has 2 saturated heterocycles. The summed E-state index contributed by atoms with van der Waals surface area (Å²) in [5.74, 6) is -1.96. The topological polar surface area (TPSA) is 76.1 Å². The second-order valence-electron chi connectivity index (χ2n) is 6.22. The third-order valence-corrected chi connectivity index (χ3v) is 4.69. The van der Waals surface area contributed by atoms with Gasteiger partial charge in [-0.05, 0) is 18.6 Å². The largest absolute Gasteiger partial charge is 0.478 e. The molecule has 130 valence electrons. The summed E-state index contributed by atoms with van der Waals surface area (Å²) in [6, 6.07) is 5.74. The van der Waals surface area contributed by atoms with Gasteiger partial charge in [0.15, 0.2) is 11.6 Å². The van der Waals surface area contributed by atoms with E-state index in [4.69, 9.17) is 9.47 Å². The number of benzene rings is 1. The van der Waals surface area contributed by atoms with Gasteiger partial charge in [-0.3, -0.25) is 4.79 Å². The number of piperidine rings is 1. The number of hydrogen-bond acceptors (Lipinski definition) is 4. The number of halogens is 1. The molecule has 7 heteroatoms. The first-order valence-electron chi connectivity index (χ1n) is 8.05. The number of aliphatic carboxylic acids is 1. The molecule has 2 aliphatic heterocycles. The molecule has 1 aromatic carbocycles. The SMILES string of the molecule is O=C(C1CCOC1)N1CCC(Oc2ccccc2F)(C(=O)O)CC1. The number of amides is 1. The molecule has 2 aliphatic rings. The first kappa shape index (κ1) is 16.7. The number of hydrogen-bond donors (Lipinski definition) is 1. The molecule has 0 saturated carbocycles. The van der Waals surface area contributed by atoms with Gasteiger partial charge >= 0.3 is 5.97 Å². The monoisotopic (exact) mass is 337 g/mol. The first-order chi connectivity index (χ1) is 11.5. The smallest absolute Gasteiger partial charge is 0.348 e. The fraction of sp³-hybridized carbons (Fsp3) is 0.529. The second-order valence-corrected chi connectivity index (χ2v) is 6.22. The van der Waals surface area contributed by atoms with Crippen LogP contribution in [0.15, 0.2) is 24.3 Å². The van der Waals surface area contributed by atoms with Crippen LogP contribution >= 0.6 is 0 Å². The Kier molecular flexibility index (Phi) is 4.71. The Bertz CT molecular complexity index is 621. The summed E-state index contributed by atoms with van der Waals surface area (Å²) in [6.07, 6.45) is 0.942. The molecule has 1 atom stereocenters. The van der Waals surface area contributed by atoms with Crippen LogP contribution in [0.3, 0.4) is 0 Å². The molecule has 2 heterocycles. The fourth-order valence-corrected chi connectivity index (χ4v) is 3.17. The van der Waals surface area contributed by atoms with Crippen LogP contribution in [0.25, 0.3) is 0 Å². The van der Waals surface area contributed by atoms with E-state index >= 15 is 0 Å². The number of ether oxygens (including phenoxy) is 2. The minimum Gasteiger partial charge on any atom is -0.478 e. The predicted molar refractivity (Wildman–Crippen MR) is 82.1 cm³/mol. The molecule has 6 nitrogen and oxygen atoms in total. The van der Waals surface area contributed by atoms with Gasteiger partial charge in [0, 0.05) is 32.5 Å². The number of carboxylic acids is 1. The van der Waals surface area contributed by atoms with Gasteiger partial charge in [-0.1, -0.05) is 12.1 Å². The van der Waals surface area contributed by atoms with E-state index in [1.807, 2.05) is 0 Å². The quantitative estimate of drug-likeness (QED) is 0.905. The molecule has 2 fully saturated rings. The molecule has 1 aromatic rings. The highest BCUT2D eigenvalue weighted by Gasteiger charge is 2.46. The number of rotatable bonds is 4. The summed E-state index contributed by atoms with van der Waals surface area (Å²) in [7, 11) is 0. The summed E-state index contributed by atoms with van der Waals surface area (Å²) in [5, 5.41) is 9.61. The van der Waals surface area contributed by atoms with E-state index in [0.29, 0.717) is 19.6 Å². The second kappa shape index (κ2) is 6.76. The normalized spacial score (nSPS) is 23.0. The van der Waals surface area contributed by atoms with Crippen LogP contribution in [0, 0.1) is 11.7 Å². The zero-order valence-electron chi connectivity index (χ0n) is 13.2. The molecular formula is C17H20FNO5. The lowest BCUT2D eigenvalue weighted by Gasteiger charge is -2.39. The summed E-state index contributed by atoms with van der Waals surface area (Å²) in [5.41, 5.74) is -1.51. The van der Waals surface area contributed by atoms with Gasteiger partial charge in [0.1, 0.15) is 0 Å². The zero-order valence-corrected chi connectivity index (χ0v) is 13.2. The average molecular weight is 337 g/mol. The minimum atomic E-state index is -1.51. The molecule has 3 rings (SSSR count). The van der Waals surface area contributed by atoms with Crippen LogP contribution in [0.5, 0.6) is 5.75 Å². The van der Waals surface area contributed by atoms with Gasteiger partial charge in [0.2, 0.25) is 11.5 Å². The van der Waals surface area contributed by atoms with E-state index < -0.39 is 17.4 Å². The molecule has 1 unspecified atom stereocenters. The third kappa shape index (κ3) is 3.21. The van der Waals surface area contributed by atoms with E-state index in [-0.39, 0.29) is 43.5 Å². The molecule has 0 aliphatic carbocycles. The fourth-order valence-electron chi connectivity index (χ4n) is 3.17. The van der Waals surface area contributed by atoms with Crippen molar-refractivity contribution in [2.24, 2.45) is 5.92 Å². The Morgan fingerprint density at radius 2 is 2.00 bits per heavy atom.